The van der Waals surface area contributed by atoms with E-state index in [0.717, 1.165) is 16.5 Å². The number of aromatic nitrogens is 1. The fraction of sp³-hybridized carbons (Fsp3) is 0.154. The zero-order valence-electron chi connectivity index (χ0n) is 9.64. The lowest BCUT2D eigenvalue weighted by Crippen LogP contribution is -2.01. The van der Waals surface area contributed by atoms with Gasteiger partial charge in [0.2, 0.25) is 5.24 Å². The van der Waals surface area contributed by atoms with E-state index < -0.39 is 5.24 Å². The van der Waals surface area contributed by atoms with Crippen LogP contribution in [0.4, 0.5) is 0 Å². The number of fused-ring (bicyclic) bond motifs is 1. The van der Waals surface area contributed by atoms with Crippen molar-refractivity contribution in [3.8, 4) is 5.75 Å². The number of pyridine rings is 1. The highest BCUT2D eigenvalue weighted by atomic mass is 35.5. The SMILES string of the molecule is CC(=O)Oc1ccc2ncc(CC(=O)Cl)cc2c1. The Morgan fingerprint density at radius 2 is 2.11 bits per heavy atom. The number of benzene rings is 1. The van der Waals surface area contributed by atoms with E-state index in [4.69, 9.17) is 16.3 Å². The summed E-state index contributed by atoms with van der Waals surface area (Å²) < 4.78 is 4.98. The molecular formula is C13H10ClNO3. The molecule has 2 rings (SSSR count). The maximum absolute atomic E-state index is 10.9. The lowest BCUT2D eigenvalue weighted by molar-refractivity contribution is -0.131. The van der Waals surface area contributed by atoms with Crippen LogP contribution < -0.4 is 4.74 Å². The average Bonchev–Trinajstić information content (AvgIpc) is 2.26. The van der Waals surface area contributed by atoms with Crippen molar-refractivity contribution in [1.82, 2.24) is 4.98 Å². The van der Waals surface area contributed by atoms with Crippen LogP contribution >= 0.6 is 11.6 Å². The summed E-state index contributed by atoms with van der Waals surface area (Å²) in [5, 5.41) is 0.358. The first-order chi connectivity index (χ1) is 8.54. The fourth-order valence-electron chi connectivity index (χ4n) is 1.64. The predicted molar refractivity (Wildman–Crippen MR) is 67.6 cm³/mol. The molecule has 92 valence electrons. The summed E-state index contributed by atoms with van der Waals surface area (Å²) in [7, 11) is 0. The minimum atomic E-state index is -0.438. The van der Waals surface area contributed by atoms with Crippen molar-refractivity contribution < 1.29 is 14.3 Å². The molecule has 5 heteroatoms. The lowest BCUT2D eigenvalue weighted by atomic mass is 10.1. The third-order valence-corrected chi connectivity index (χ3v) is 2.45. The Morgan fingerprint density at radius 3 is 2.78 bits per heavy atom. The van der Waals surface area contributed by atoms with Crippen LogP contribution in [-0.2, 0) is 16.0 Å². The van der Waals surface area contributed by atoms with Gasteiger partial charge in [-0.2, -0.15) is 0 Å². The van der Waals surface area contributed by atoms with Crippen LogP contribution in [0.15, 0.2) is 30.5 Å². The highest BCUT2D eigenvalue weighted by Gasteiger charge is 2.04. The van der Waals surface area contributed by atoms with Gasteiger partial charge in [0.25, 0.3) is 0 Å². The molecule has 0 N–H and O–H groups in total. The van der Waals surface area contributed by atoms with Crippen LogP contribution in [0.2, 0.25) is 0 Å². The van der Waals surface area contributed by atoms with Crippen LogP contribution in [0.25, 0.3) is 10.9 Å². The first kappa shape index (κ1) is 12.5. The molecule has 1 aromatic carbocycles. The standard InChI is InChI=1S/C13H10ClNO3/c1-8(16)18-11-2-3-12-10(6-11)4-9(7-15-12)5-13(14)17/h2-4,6-7H,5H2,1H3. The molecule has 0 fully saturated rings. The second kappa shape index (κ2) is 5.14. The summed E-state index contributed by atoms with van der Waals surface area (Å²) >= 11 is 5.33. The zero-order valence-corrected chi connectivity index (χ0v) is 10.4. The number of carbonyl (C=O) groups excluding carboxylic acids is 2. The Bertz CT molecular complexity index is 574. The highest BCUT2D eigenvalue weighted by Crippen LogP contribution is 2.20. The highest BCUT2D eigenvalue weighted by molar-refractivity contribution is 6.63. The van der Waals surface area contributed by atoms with Crippen molar-refractivity contribution >= 4 is 33.7 Å². The summed E-state index contributed by atoms with van der Waals surface area (Å²) in [6, 6.07) is 6.92. The molecular weight excluding hydrogens is 254 g/mol. The average molecular weight is 264 g/mol. The summed E-state index contributed by atoms with van der Waals surface area (Å²) in [6.07, 6.45) is 1.73. The molecule has 4 nitrogen and oxygen atoms in total. The molecule has 1 heterocycles. The molecule has 0 saturated heterocycles. The zero-order chi connectivity index (χ0) is 13.1. The van der Waals surface area contributed by atoms with Gasteiger partial charge in [-0.05, 0) is 41.4 Å². The number of halogens is 1. The topological polar surface area (TPSA) is 56.3 Å². The molecule has 0 aliphatic heterocycles. The van der Waals surface area contributed by atoms with Crippen LogP contribution in [0.1, 0.15) is 12.5 Å². The predicted octanol–water partition coefficient (Wildman–Crippen LogP) is 2.47. The largest absolute Gasteiger partial charge is 0.427 e. The summed E-state index contributed by atoms with van der Waals surface area (Å²) in [5.74, 6) is 0.0700. The molecule has 0 atom stereocenters. The minimum absolute atomic E-state index is 0.127. The van der Waals surface area contributed by atoms with Crippen molar-refractivity contribution in [1.29, 1.82) is 0 Å². The number of hydrogen-bond donors (Lipinski definition) is 0. The number of nitrogens with zero attached hydrogens (tertiary/aromatic N) is 1. The van der Waals surface area contributed by atoms with Crippen LogP contribution in [0.5, 0.6) is 5.75 Å². The van der Waals surface area contributed by atoms with Gasteiger partial charge >= 0.3 is 5.97 Å². The van der Waals surface area contributed by atoms with Gasteiger partial charge < -0.3 is 4.74 Å². The third-order valence-electron chi connectivity index (χ3n) is 2.31. The van der Waals surface area contributed by atoms with Crippen LogP contribution in [0.3, 0.4) is 0 Å². The Kier molecular flexibility index (Phi) is 3.58. The Balaban J connectivity index is 2.39. The molecule has 18 heavy (non-hydrogen) atoms. The van der Waals surface area contributed by atoms with Gasteiger partial charge in [0.15, 0.2) is 0 Å². The van der Waals surface area contributed by atoms with Crippen molar-refractivity contribution in [2.45, 2.75) is 13.3 Å². The van der Waals surface area contributed by atoms with Gasteiger partial charge in [0.05, 0.1) is 5.52 Å². The van der Waals surface area contributed by atoms with E-state index in [0.29, 0.717) is 5.75 Å². The molecule has 0 radical (unpaired) electrons. The molecule has 0 saturated carbocycles. The smallest absolute Gasteiger partial charge is 0.308 e. The number of hydrogen-bond acceptors (Lipinski definition) is 4. The van der Waals surface area contributed by atoms with Crippen LogP contribution in [0, 0.1) is 0 Å². The van der Waals surface area contributed by atoms with Crippen molar-refractivity contribution in [2.24, 2.45) is 0 Å². The third kappa shape index (κ3) is 3.05. The molecule has 0 amide bonds. The second-order valence-electron chi connectivity index (χ2n) is 3.82. The summed E-state index contributed by atoms with van der Waals surface area (Å²) in [5.41, 5.74) is 1.49. The van der Waals surface area contributed by atoms with E-state index >= 15 is 0 Å². The number of carbonyl (C=O) groups is 2. The van der Waals surface area contributed by atoms with Crippen molar-refractivity contribution in [3.63, 3.8) is 0 Å². The first-order valence-electron chi connectivity index (χ1n) is 5.30. The monoisotopic (exact) mass is 263 g/mol. The van der Waals surface area contributed by atoms with Gasteiger partial charge in [-0.25, -0.2) is 0 Å². The molecule has 0 spiro atoms. The Hall–Kier alpha value is -1.94. The van der Waals surface area contributed by atoms with E-state index in [1.165, 1.54) is 6.92 Å². The Morgan fingerprint density at radius 1 is 1.33 bits per heavy atom. The maximum atomic E-state index is 10.9. The van der Waals surface area contributed by atoms with Gasteiger partial charge in [-0.1, -0.05) is 0 Å². The quantitative estimate of drug-likeness (QED) is 0.485. The van der Waals surface area contributed by atoms with E-state index in [1.54, 1.807) is 30.5 Å². The van der Waals surface area contributed by atoms with Crippen molar-refractivity contribution in [2.75, 3.05) is 0 Å². The van der Waals surface area contributed by atoms with E-state index in [-0.39, 0.29) is 12.4 Å². The minimum Gasteiger partial charge on any atom is -0.427 e. The van der Waals surface area contributed by atoms with Crippen LogP contribution in [-0.4, -0.2) is 16.2 Å². The van der Waals surface area contributed by atoms with Gasteiger partial charge in [0.1, 0.15) is 5.75 Å². The summed E-state index contributed by atoms with van der Waals surface area (Å²) in [4.78, 5) is 25.9. The summed E-state index contributed by atoms with van der Waals surface area (Å²) in [6.45, 7) is 1.34. The normalized spacial score (nSPS) is 10.3. The van der Waals surface area contributed by atoms with Gasteiger partial charge in [-0.15, -0.1) is 0 Å². The molecule has 0 aliphatic rings. The fourth-order valence-corrected chi connectivity index (χ4v) is 1.80. The second-order valence-corrected chi connectivity index (χ2v) is 4.25. The Labute approximate surface area is 109 Å². The lowest BCUT2D eigenvalue weighted by Gasteiger charge is -2.04. The van der Waals surface area contributed by atoms with Gasteiger partial charge in [-0.3, -0.25) is 14.6 Å². The molecule has 2 aromatic rings. The van der Waals surface area contributed by atoms with Crippen molar-refractivity contribution in [3.05, 3.63) is 36.0 Å². The number of rotatable bonds is 3. The van der Waals surface area contributed by atoms with E-state index in [2.05, 4.69) is 4.98 Å². The van der Waals surface area contributed by atoms with E-state index in [1.807, 2.05) is 0 Å². The van der Waals surface area contributed by atoms with Gasteiger partial charge in [0, 0.05) is 24.9 Å². The first-order valence-corrected chi connectivity index (χ1v) is 5.68. The number of esters is 1. The molecule has 0 bridgehead atoms. The molecule has 0 aliphatic carbocycles. The number of ether oxygens (including phenoxy) is 1. The molecule has 1 aromatic heterocycles. The molecule has 0 unspecified atom stereocenters. The maximum Gasteiger partial charge on any atom is 0.308 e. The van der Waals surface area contributed by atoms with E-state index in [9.17, 15) is 9.59 Å².